The van der Waals surface area contributed by atoms with Crippen LogP contribution in [0.1, 0.15) is 35.7 Å². The molecule has 158 valence electrons. The molecule has 3 rings (SSSR count). The van der Waals surface area contributed by atoms with E-state index in [0.29, 0.717) is 18.7 Å². The molecule has 6 heteroatoms. The number of nitrogens with zero attached hydrogens (tertiary/aromatic N) is 2. The Morgan fingerprint density at radius 2 is 1.53 bits per heavy atom. The van der Waals surface area contributed by atoms with Crippen LogP contribution in [0.25, 0.3) is 0 Å². The van der Waals surface area contributed by atoms with Gasteiger partial charge in [0.1, 0.15) is 0 Å². The van der Waals surface area contributed by atoms with Crippen molar-refractivity contribution in [2.75, 3.05) is 31.1 Å². The van der Waals surface area contributed by atoms with Crippen molar-refractivity contribution in [2.24, 2.45) is 0 Å². The topological polar surface area (TPSA) is 66.9 Å². The number of rotatable bonds is 7. The van der Waals surface area contributed by atoms with Gasteiger partial charge in [-0.1, -0.05) is 48.0 Å². The van der Waals surface area contributed by atoms with E-state index in [0.717, 1.165) is 24.3 Å². The van der Waals surface area contributed by atoms with Crippen molar-refractivity contribution in [3.05, 3.63) is 65.7 Å². The molecule has 0 radical (unpaired) electrons. The number of ether oxygens (including phenoxy) is 1. The van der Waals surface area contributed by atoms with Crippen molar-refractivity contribution in [1.82, 2.24) is 4.90 Å². The first-order chi connectivity index (χ1) is 14.4. The lowest BCUT2D eigenvalue weighted by atomic mass is 10.1. The maximum atomic E-state index is 12.6. The molecule has 1 aliphatic heterocycles. The number of hydrogen-bond acceptors (Lipinski definition) is 5. The average Bonchev–Trinajstić information content (AvgIpc) is 2.78. The van der Waals surface area contributed by atoms with Gasteiger partial charge in [-0.2, -0.15) is 0 Å². The Hall–Kier alpha value is -3.15. The minimum atomic E-state index is -0.852. The second-order valence-corrected chi connectivity index (χ2v) is 7.57. The van der Waals surface area contributed by atoms with Crippen LogP contribution in [0.15, 0.2) is 54.6 Å². The van der Waals surface area contributed by atoms with Crippen LogP contribution in [0.4, 0.5) is 5.69 Å². The van der Waals surface area contributed by atoms with E-state index in [1.165, 1.54) is 0 Å². The summed E-state index contributed by atoms with van der Waals surface area (Å²) in [5.41, 5.74) is 2.79. The Balaban J connectivity index is 1.42. The number of benzene rings is 2. The number of amides is 1. The molecule has 0 spiro atoms. The van der Waals surface area contributed by atoms with E-state index in [1.807, 2.05) is 37.3 Å². The molecule has 2 aromatic rings. The molecule has 0 aliphatic carbocycles. The van der Waals surface area contributed by atoms with E-state index in [9.17, 15) is 14.4 Å². The summed E-state index contributed by atoms with van der Waals surface area (Å²) in [5.74, 6) is -0.830. The monoisotopic (exact) mass is 408 g/mol. The molecule has 2 aromatic carbocycles. The van der Waals surface area contributed by atoms with Gasteiger partial charge in [0.05, 0.1) is 6.42 Å². The fourth-order valence-electron chi connectivity index (χ4n) is 3.49. The van der Waals surface area contributed by atoms with Crippen molar-refractivity contribution >= 4 is 23.3 Å². The van der Waals surface area contributed by atoms with Gasteiger partial charge < -0.3 is 14.5 Å². The maximum absolute atomic E-state index is 12.6. The molecule has 1 amide bonds. The van der Waals surface area contributed by atoms with Crippen LogP contribution in [-0.2, 0) is 14.3 Å². The second kappa shape index (κ2) is 10.1. The Bertz CT molecular complexity index is 872. The lowest BCUT2D eigenvalue weighted by Gasteiger charge is -2.37. The summed E-state index contributed by atoms with van der Waals surface area (Å²) >= 11 is 0. The van der Waals surface area contributed by atoms with Crippen LogP contribution in [0.3, 0.4) is 0 Å². The first-order valence-corrected chi connectivity index (χ1v) is 10.3. The third-order valence-electron chi connectivity index (χ3n) is 5.30. The fourth-order valence-corrected chi connectivity index (χ4v) is 3.49. The summed E-state index contributed by atoms with van der Waals surface area (Å²) < 4.78 is 5.29. The Kier molecular flexibility index (Phi) is 7.22. The molecule has 1 saturated heterocycles. The number of esters is 1. The first kappa shape index (κ1) is 21.6. The Labute approximate surface area is 177 Å². The number of aryl methyl sites for hydroxylation is 1. The minimum Gasteiger partial charge on any atom is -0.453 e. The normalized spacial score (nSPS) is 14.9. The van der Waals surface area contributed by atoms with Gasteiger partial charge in [-0.25, -0.2) is 0 Å². The Morgan fingerprint density at radius 1 is 0.900 bits per heavy atom. The van der Waals surface area contributed by atoms with Gasteiger partial charge in [0.2, 0.25) is 0 Å². The third kappa shape index (κ3) is 5.69. The van der Waals surface area contributed by atoms with Gasteiger partial charge >= 0.3 is 5.97 Å². The number of carbonyl (C=O) groups is 3. The molecule has 1 atom stereocenters. The number of carbonyl (C=O) groups excluding carboxylic acids is 3. The number of para-hydroxylation sites is 1. The summed E-state index contributed by atoms with van der Waals surface area (Å²) in [6.45, 7) is 6.18. The van der Waals surface area contributed by atoms with Gasteiger partial charge in [0.15, 0.2) is 11.9 Å². The average molecular weight is 408 g/mol. The standard InChI is InChI=1S/C24H28N2O4/c1-18-8-10-20(11-9-18)22(27)12-13-23(28)30-19(2)24(29)26-16-14-25(15-17-26)21-6-4-3-5-7-21/h3-11,19H,12-17H2,1-2H3/t19-/m1/s1. The zero-order chi connectivity index (χ0) is 21.5. The van der Waals surface area contributed by atoms with Crippen molar-refractivity contribution in [3.63, 3.8) is 0 Å². The summed E-state index contributed by atoms with van der Waals surface area (Å²) in [4.78, 5) is 40.9. The van der Waals surface area contributed by atoms with E-state index in [2.05, 4.69) is 17.0 Å². The largest absolute Gasteiger partial charge is 0.453 e. The van der Waals surface area contributed by atoms with Crippen molar-refractivity contribution in [3.8, 4) is 0 Å². The molecule has 1 aliphatic rings. The van der Waals surface area contributed by atoms with Crippen LogP contribution in [-0.4, -0.2) is 54.8 Å². The number of piperazine rings is 1. The molecule has 0 saturated carbocycles. The predicted octanol–water partition coefficient (Wildman–Crippen LogP) is 3.24. The third-order valence-corrected chi connectivity index (χ3v) is 5.30. The Morgan fingerprint density at radius 3 is 2.17 bits per heavy atom. The van der Waals surface area contributed by atoms with E-state index >= 15 is 0 Å². The lowest BCUT2D eigenvalue weighted by Crippen LogP contribution is -2.51. The maximum Gasteiger partial charge on any atom is 0.307 e. The zero-order valence-electron chi connectivity index (χ0n) is 17.5. The summed E-state index contributed by atoms with van der Waals surface area (Å²) in [6, 6.07) is 17.3. The highest BCUT2D eigenvalue weighted by atomic mass is 16.5. The molecular formula is C24H28N2O4. The van der Waals surface area contributed by atoms with E-state index in [1.54, 1.807) is 24.0 Å². The number of anilines is 1. The minimum absolute atomic E-state index is 0.0356. The smallest absolute Gasteiger partial charge is 0.307 e. The highest BCUT2D eigenvalue weighted by Crippen LogP contribution is 2.16. The van der Waals surface area contributed by atoms with Gasteiger partial charge in [0.25, 0.3) is 5.91 Å². The van der Waals surface area contributed by atoms with Crippen LogP contribution in [0, 0.1) is 6.92 Å². The molecule has 0 bridgehead atoms. The van der Waals surface area contributed by atoms with E-state index in [4.69, 9.17) is 4.74 Å². The van der Waals surface area contributed by atoms with Crippen LogP contribution >= 0.6 is 0 Å². The van der Waals surface area contributed by atoms with E-state index in [-0.39, 0.29) is 24.5 Å². The van der Waals surface area contributed by atoms with Crippen LogP contribution in [0.2, 0.25) is 0 Å². The van der Waals surface area contributed by atoms with Gasteiger partial charge in [-0.15, -0.1) is 0 Å². The van der Waals surface area contributed by atoms with E-state index < -0.39 is 12.1 Å². The lowest BCUT2D eigenvalue weighted by molar-refractivity contribution is -0.159. The molecule has 0 N–H and O–H groups in total. The summed E-state index contributed by atoms with van der Waals surface area (Å²) in [7, 11) is 0. The quantitative estimate of drug-likeness (QED) is 0.520. The molecule has 6 nitrogen and oxygen atoms in total. The predicted molar refractivity (Wildman–Crippen MR) is 116 cm³/mol. The molecule has 1 heterocycles. The fraction of sp³-hybridized carbons (Fsp3) is 0.375. The van der Waals surface area contributed by atoms with Gasteiger partial charge in [-0.3, -0.25) is 14.4 Å². The molecule has 0 unspecified atom stereocenters. The first-order valence-electron chi connectivity index (χ1n) is 10.3. The molecular weight excluding hydrogens is 380 g/mol. The highest BCUT2D eigenvalue weighted by Gasteiger charge is 2.27. The van der Waals surface area contributed by atoms with Gasteiger partial charge in [-0.05, 0) is 26.0 Å². The number of Topliss-reactive ketones (excluding diaryl/α,β-unsaturated/α-hetero) is 1. The number of hydrogen-bond donors (Lipinski definition) is 0. The number of ketones is 1. The molecule has 30 heavy (non-hydrogen) atoms. The summed E-state index contributed by atoms with van der Waals surface area (Å²) in [5, 5.41) is 0. The highest BCUT2D eigenvalue weighted by molar-refractivity contribution is 5.97. The zero-order valence-corrected chi connectivity index (χ0v) is 17.5. The van der Waals surface area contributed by atoms with Crippen molar-refractivity contribution in [1.29, 1.82) is 0 Å². The van der Waals surface area contributed by atoms with Crippen LogP contribution in [0.5, 0.6) is 0 Å². The molecule has 0 aromatic heterocycles. The second-order valence-electron chi connectivity index (χ2n) is 7.57. The van der Waals surface area contributed by atoms with Gasteiger partial charge in [0, 0.05) is 43.9 Å². The summed E-state index contributed by atoms with van der Waals surface area (Å²) in [6.07, 6.45) is -0.819. The van der Waals surface area contributed by atoms with Crippen molar-refractivity contribution < 1.29 is 19.1 Å². The SMILES string of the molecule is Cc1ccc(C(=O)CCC(=O)O[C@H](C)C(=O)N2CCN(c3ccccc3)CC2)cc1. The molecule has 1 fully saturated rings. The van der Waals surface area contributed by atoms with Crippen LogP contribution < -0.4 is 4.90 Å². The van der Waals surface area contributed by atoms with Crippen molar-refractivity contribution in [2.45, 2.75) is 32.8 Å².